The third-order valence-electron chi connectivity index (χ3n) is 4.32. The van der Waals surface area contributed by atoms with E-state index in [2.05, 4.69) is 5.32 Å². The Hall–Kier alpha value is -2.53. The first-order chi connectivity index (χ1) is 12.5. The second-order valence-corrected chi connectivity index (χ2v) is 6.70. The van der Waals surface area contributed by atoms with Crippen LogP contribution in [0.1, 0.15) is 28.8 Å². The van der Waals surface area contributed by atoms with E-state index in [1.165, 1.54) is 0 Å². The molecule has 5 nitrogen and oxygen atoms in total. The molecule has 1 N–H and O–H groups in total. The molecule has 0 aromatic heterocycles. The van der Waals surface area contributed by atoms with Crippen molar-refractivity contribution in [3.63, 3.8) is 0 Å². The summed E-state index contributed by atoms with van der Waals surface area (Å²) in [5.74, 6) is 0.204. The van der Waals surface area contributed by atoms with E-state index in [9.17, 15) is 9.59 Å². The summed E-state index contributed by atoms with van der Waals surface area (Å²) in [5, 5.41) is 3.42. The zero-order valence-corrected chi connectivity index (χ0v) is 15.4. The molecule has 26 heavy (non-hydrogen) atoms. The zero-order chi connectivity index (χ0) is 18.5. The van der Waals surface area contributed by atoms with E-state index in [0.29, 0.717) is 22.0 Å². The largest absolute Gasteiger partial charge is 0.484 e. The average molecular weight is 373 g/mol. The van der Waals surface area contributed by atoms with Gasteiger partial charge in [-0.3, -0.25) is 9.59 Å². The Labute approximate surface area is 157 Å². The number of halogens is 1. The first-order valence-electron chi connectivity index (χ1n) is 8.62. The number of para-hydroxylation sites is 1. The predicted molar refractivity (Wildman–Crippen MR) is 102 cm³/mol. The van der Waals surface area contributed by atoms with Crippen LogP contribution in [0, 0.1) is 6.92 Å². The van der Waals surface area contributed by atoms with Gasteiger partial charge in [0.05, 0.1) is 11.3 Å². The minimum atomic E-state index is -0.320. The lowest BCUT2D eigenvalue weighted by Crippen LogP contribution is -2.29. The predicted octanol–water partition coefficient (Wildman–Crippen LogP) is 3.90. The van der Waals surface area contributed by atoms with Gasteiger partial charge in [-0.2, -0.15) is 0 Å². The maximum Gasteiger partial charge on any atom is 0.262 e. The lowest BCUT2D eigenvalue weighted by atomic mass is 10.1. The number of hydrogen-bond acceptors (Lipinski definition) is 3. The molecule has 1 aliphatic rings. The first-order valence-corrected chi connectivity index (χ1v) is 8.99. The van der Waals surface area contributed by atoms with Crippen LogP contribution in [0.3, 0.4) is 0 Å². The van der Waals surface area contributed by atoms with E-state index in [1.807, 2.05) is 11.8 Å². The minimum Gasteiger partial charge on any atom is -0.484 e. The van der Waals surface area contributed by atoms with Crippen molar-refractivity contribution < 1.29 is 14.3 Å². The van der Waals surface area contributed by atoms with Crippen LogP contribution in [0.4, 0.5) is 5.69 Å². The molecular formula is C20H21ClN2O3. The summed E-state index contributed by atoms with van der Waals surface area (Å²) in [6.07, 6.45) is 2.04. The molecule has 1 saturated heterocycles. The van der Waals surface area contributed by atoms with Crippen LogP contribution in [0.2, 0.25) is 5.02 Å². The fourth-order valence-corrected chi connectivity index (χ4v) is 3.03. The fourth-order valence-electron chi connectivity index (χ4n) is 2.91. The van der Waals surface area contributed by atoms with E-state index >= 15 is 0 Å². The van der Waals surface area contributed by atoms with Crippen molar-refractivity contribution in [2.45, 2.75) is 19.8 Å². The molecule has 0 atom stereocenters. The summed E-state index contributed by atoms with van der Waals surface area (Å²) in [7, 11) is 0. The van der Waals surface area contributed by atoms with Crippen molar-refractivity contribution in [3.8, 4) is 5.75 Å². The van der Waals surface area contributed by atoms with Crippen LogP contribution >= 0.6 is 11.6 Å². The molecule has 0 saturated carbocycles. The van der Waals surface area contributed by atoms with Gasteiger partial charge in [-0.25, -0.2) is 0 Å². The maximum absolute atomic E-state index is 12.6. The molecule has 2 amide bonds. The molecule has 136 valence electrons. The number of ether oxygens (including phenoxy) is 1. The van der Waals surface area contributed by atoms with Crippen molar-refractivity contribution >= 4 is 29.1 Å². The van der Waals surface area contributed by atoms with Gasteiger partial charge in [0, 0.05) is 18.1 Å². The van der Waals surface area contributed by atoms with Crippen LogP contribution in [-0.4, -0.2) is 36.4 Å². The number of benzene rings is 2. The highest BCUT2D eigenvalue weighted by Gasteiger charge is 2.22. The molecule has 6 heteroatoms. The van der Waals surface area contributed by atoms with Gasteiger partial charge in [-0.05, 0) is 55.7 Å². The van der Waals surface area contributed by atoms with Gasteiger partial charge in [0.15, 0.2) is 6.61 Å². The van der Waals surface area contributed by atoms with Gasteiger partial charge >= 0.3 is 0 Å². The van der Waals surface area contributed by atoms with Crippen LogP contribution < -0.4 is 10.1 Å². The molecule has 0 unspecified atom stereocenters. The highest BCUT2D eigenvalue weighted by atomic mass is 35.5. The summed E-state index contributed by atoms with van der Waals surface area (Å²) in [6, 6.07) is 12.3. The number of amides is 2. The number of hydrogen-bond donors (Lipinski definition) is 1. The Morgan fingerprint density at radius 1 is 1.15 bits per heavy atom. The van der Waals surface area contributed by atoms with Crippen LogP contribution in [0.25, 0.3) is 0 Å². The SMILES string of the molecule is Cc1cc(OCC(=O)Nc2ccccc2C(=O)N2CCCC2)ccc1Cl. The summed E-state index contributed by atoms with van der Waals surface area (Å²) < 4.78 is 5.51. The highest BCUT2D eigenvalue weighted by molar-refractivity contribution is 6.31. The van der Waals surface area contributed by atoms with Gasteiger partial charge in [0.1, 0.15) is 5.75 Å². The summed E-state index contributed by atoms with van der Waals surface area (Å²) in [5.41, 5.74) is 1.89. The van der Waals surface area contributed by atoms with Crippen LogP contribution in [0.5, 0.6) is 5.75 Å². The third kappa shape index (κ3) is 4.35. The number of aryl methyl sites for hydroxylation is 1. The summed E-state index contributed by atoms with van der Waals surface area (Å²) >= 11 is 5.98. The molecule has 2 aromatic rings. The lowest BCUT2D eigenvalue weighted by Gasteiger charge is -2.18. The molecule has 1 heterocycles. The molecule has 3 rings (SSSR count). The van der Waals surface area contributed by atoms with Gasteiger partial charge in [0.25, 0.3) is 11.8 Å². The normalized spacial score (nSPS) is 13.5. The van der Waals surface area contributed by atoms with E-state index in [0.717, 1.165) is 31.5 Å². The first kappa shape index (κ1) is 18.3. The van der Waals surface area contributed by atoms with E-state index in [1.54, 1.807) is 42.5 Å². The van der Waals surface area contributed by atoms with Crippen LogP contribution in [0.15, 0.2) is 42.5 Å². The zero-order valence-electron chi connectivity index (χ0n) is 14.6. The number of nitrogens with zero attached hydrogens (tertiary/aromatic N) is 1. The van der Waals surface area contributed by atoms with Gasteiger partial charge < -0.3 is 15.0 Å². The number of rotatable bonds is 5. The Morgan fingerprint density at radius 2 is 1.88 bits per heavy atom. The van der Waals surface area contributed by atoms with Crippen molar-refractivity contribution in [2.24, 2.45) is 0 Å². The summed E-state index contributed by atoms with van der Waals surface area (Å²) in [6.45, 7) is 3.25. The Bertz CT molecular complexity index is 816. The van der Waals surface area contributed by atoms with Crippen LogP contribution in [-0.2, 0) is 4.79 Å². The topological polar surface area (TPSA) is 58.6 Å². The minimum absolute atomic E-state index is 0.0485. The standard InChI is InChI=1S/C20H21ClN2O3/c1-14-12-15(8-9-17(14)21)26-13-19(24)22-18-7-3-2-6-16(18)20(25)23-10-4-5-11-23/h2-3,6-9,12H,4-5,10-11,13H2,1H3,(H,22,24). The van der Waals surface area contributed by atoms with E-state index in [4.69, 9.17) is 16.3 Å². The van der Waals surface area contributed by atoms with Crippen molar-refractivity contribution in [2.75, 3.05) is 25.0 Å². The number of likely N-dealkylation sites (tertiary alicyclic amines) is 1. The second-order valence-electron chi connectivity index (χ2n) is 6.29. The molecule has 0 bridgehead atoms. The molecule has 0 radical (unpaired) electrons. The number of nitrogens with one attached hydrogen (secondary N) is 1. The maximum atomic E-state index is 12.6. The lowest BCUT2D eigenvalue weighted by molar-refractivity contribution is -0.118. The smallest absolute Gasteiger partial charge is 0.262 e. The molecular weight excluding hydrogens is 352 g/mol. The Balaban J connectivity index is 1.63. The van der Waals surface area contributed by atoms with E-state index < -0.39 is 0 Å². The number of carbonyl (C=O) groups excluding carboxylic acids is 2. The second kappa shape index (κ2) is 8.23. The molecule has 0 aliphatic carbocycles. The summed E-state index contributed by atoms with van der Waals surface area (Å²) in [4.78, 5) is 26.7. The third-order valence-corrected chi connectivity index (χ3v) is 4.75. The van der Waals surface area contributed by atoms with Gasteiger partial charge in [0.2, 0.25) is 0 Å². The van der Waals surface area contributed by atoms with Crippen molar-refractivity contribution in [3.05, 3.63) is 58.6 Å². The highest BCUT2D eigenvalue weighted by Crippen LogP contribution is 2.22. The van der Waals surface area contributed by atoms with Gasteiger partial charge in [-0.15, -0.1) is 0 Å². The fraction of sp³-hybridized carbons (Fsp3) is 0.300. The Kier molecular flexibility index (Phi) is 5.78. The molecule has 2 aromatic carbocycles. The average Bonchev–Trinajstić information content (AvgIpc) is 3.17. The Morgan fingerprint density at radius 3 is 2.62 bits per heavy atom. The van der Waals surface area contributed by atoms with Gasteiger partial charge in [-0.1, -0.05) is 23.7 Å². The molecule has 0 spiro atoms. The monoisotopic (exact) mass is 372 g/mol. The van der Waals surface area contributed by atoms with Crippen molar-refractivity contribution in [1.29, 1.82) is 0 Å². The van der Waals surface area contributed by atoms with E-state index in [-0.39, 0.29) is 18.4 Å². The van der Waals surface area contributed by atoms with Crippen molar-refractivity contribution in [1.82, 2.24) is 4.90 Å². The molecule has 1 fully saturated rings. The quantitative estimate of drug-likeness (QED) is 0.865. The number of anilines is 1. The molecule has 1 aliphatic heterocycles. The number of carbonyl (C=O) groups is 2.